The Morgan fingerprint density at radius 3 is 2.53 bits per heavy atom. The number of carbonyl (C=O) groups excluding carboxylic acids is 2. The van der Waals surface area contributed by atoms with E-state index in [-0.39, 0.29) is 30.0 Å². The number of aryl methyl sites for hydroxylation is 1. The minimum Gasteiger partial charge on any atom is -0.481 e. The second-order valence-corrected chi connectivity index (χ2v) is 9.82. The second-order valence-electron chi connectivity index (χ2n) is 9.82. The molecule has 2 N–H and O–H groups in total. The van der Waals surface area contributed by atoms with E-state index >= 15 is 0 Å². The number of nitrogens with zero attached hydrogens (tertiary/aromatic N) is 5. The van der Waals surface area contributed by atoms with Gasteiger partial charge in [0.25, 0.3) is 5.91 Å². The lowest BCUT2D eigenvalue weighted by molar-refractivity contribution is -0.119. The Morgan fingerprint density at radius 2 is 1.92 bits per heavy atom. The third-order valence-electron chi connectivity index (χ3n) is 7.07. The van der Waals surface area contributed by atoms with Crippen molar-refractivity contribution in [3.63, 3.8) is 0 Å². The first-order valence-electron chi connectivity index (χ1n) is 12.5. The third kappa shape index (κ3) is 5.52. The molecule has 1 unspecified atom stereocenters. The highest BCUT2D eigenvalue weighted by atomic mass is 19.1. The summed E-state index contributed by atoms with van der Waals surface area (Å²) < 4.78 is 30.9. The summed E-state index contributed by atoms with van der Waals surface area (Å²) >= 11 is 0. The van der Waals surface area contributed by atoms with Crippen molar-refractivity contribution in [2.75, 3.05) is 26.1 Å². The monoisotopic (exact) mass is 527 g/mol. The van der Waals surface area contributed by atoms with Crippen LogP contribution in [0.15, 0.2) is 29.3 Å². The molecular weight excluding hydrogens is 497 g/mol. The predicted molar refractivity (Wildman–Crippen MR) is 131 cm³/mol. The van der Waals surface area contributed by atoms with Gasteiger partial charge in [-0.1, -0.05) is 5.16 Å². The summed E-state index contributed by atoms with van der Waals surface area (Å²) in [4.78, 5) is 30.6. The first kappa shape index (κ1) is 25.8. The maximum atomic E-state index is 14.0. The van der Waals surface area contributed by atoms with Crippen LogP contribution in [0.5, 0.6) is 5.88 Å². The SMILES string of the molecule is COCC(c1cc(F)cnc1OC)n1cc(NC(=O)[C@@H](NC(=O)c2nonc2C)C(C2CC2)C2CC2)cn1. The molecule has 2 atom stereocenters. The van der Waals surface area contributed by atoms with Crippen LogP contribution in [0, 0.1) is 30.5 Å². The minimum atomic E-state index is -0.760. The van der Waals surface area contributed by atoms with Gasteiger partial charge in [-0.15, -0.1) is 0 Å². The summed E-state index contributed by atoms with van der Waals surface area (Å²) in [6.07, 6.45) is 8.32. The van der Waals surface area contributed by atoms with E-state index < -0.39 is 23.8 Å². The number of anilines is 1. The zero-order valence-corrected chi connectivity index (χ0v) is 21.4. The molecule has 0 radical (unpaired) electrons. The second kappa shape index (κ2) is 10.9. The van der Waals surface area contributed by atoms with E-state index in [2.05, 4.69) is 35.7 Å². The molecule has 0 aliphatic heterocycles. The first-order chi connectivity index (χ1) is 18.4. The van der Waals surface area contributed by atoms with Crippen molar-refractivity contribution in [2.24, 2.45) is 17.8 Å². The Morgan fingerprint density at radius 1 is 1.18 bits per heavy atom. The number of methoxy groups -OCH3 is 2. The highest BCUT2D eigenvalue weighted by Crippen LogP contribution is 2.51. The van der Waals surface area contributed by atoms with E-state index in [4.69, 9.17) is 9.47 Å². The van der Waals surface area contributed by atoms with Crippen LogP contribution in [0.25, 0.3) is 0 Å². The number of ether oxygens (including phenoxy) is 2. The van der Waals surface area contributed by atoms with Gasteiger partial charge in [-0.2, -0.15) is 5.10 Å². The molecule has 13 heteroatoms. The smallest absolute Gasteiger partial charge is 0.276 e. The fourth-order valence-corrected chi connectivity index (χ4v) is 4.99. The van der Waals surface area contributed by atoms with Gasteiger partial charge in [0.1, 0.15) is 23.6 Å². The lowest BCUT2D eigenvalue weighted by atomic mass is 9.88. The molecule has 2 saturated carbocycles. The molecule has 3 heterocycles. The highest BCUT2D eigenvalue weighted by molar-refractivity contribution is 6.00. The Balaban J connectivity index is 1.37. The molecular formula is C25H30FN7O5. The van der Waals surface area contributed by atoms with E-state index in [1.807, 2.05) is 0 Å². The van der Waals surface area contributed by atoms with Gasteiger partial charge >= 0.3 is 0 Å². The zero-order chi connectivity index (χ0) is 26.8. The van der Waals surface area contributed by atoms with E-state index in [0.717, 1.165) is 31.9 Å². The van der Waals surface area contributed by atoms with E-state index in [1.165, 1.54) is 26.5 Å². The number of carbonyl (C=O) groups is 2. The molecule has 5 rings (SSSR count). The molecule has 2 amide bonds. The van der Waals surface area contributed by atoms with Crippen LogP contribution in [-0.4, -0.2) is 63.8 Å². The summed E-state index contributed by atoms with van der Waals surface area (Å²) in [7, 11) is 2.97. The average Bonchev–Trinajstić information content (AvgIpc) is 3.83. The Bertz CT molecular complexity index is 1290. The molecule has 0 aromatic carbocycles. The predicted octanol–water partition coefficient (Wildman–Crippen LogP) is 2.53. The van der Waals surface area contributed by atoms with Crippen LogP contribution in [0.3, 0.4) is 0 Å². The Labute approximate surface area is 218 Å². The fourth-order valence-electron chi connectivity index (χ4n) is 4.99. The maximum absolute atomic E-state index is 14.0. The van der Waals surface area contributed by atoms with Crippen LogP contribution >= 0.6 is 0 Å². The summed E-state index contributed by atoms with van der Waals surface area (Å²) in [5, 5.41) is 17.5. The van der Waals surface area contributed by atoms with Crippen LogP contribution in [0.1, 0.15) is 53.5 Å². The van der Waals surface area contributed by atoms with Crippen molar-refractivity contribution in [3.05, 3.63) is 47.4 Å². The van der Waals surface area contributed by atoms with Crippen LogP contribution < -0.4 is 15.4 Å². The number of pyridine rings is 1. The summed E-state index contributed by atoms with van der Waals surface area (Å²) in [6.45, 7) is 1.78. The average molecular weight is 528 g/mol. The molecule has 0 spiro atoms. The van der Waals surface area contributed by atoms with Crippen LogP contribution in [0.4, 0.5) is 10.1 Å². The minimum absolute atomic E-state index is 0.0260. The van der Waals surface area contributed by atoms with Crippen molar-refractivity contribution in [1.82, 2.24) is 30.4 Å². The number of hydrogen-bond acceptors (Lipinski definition) is 9. The normalized spacial score (nSPS) is 16.8. The molecule has 2 aliphatic carbocycles. The third-order valence-corrected chi connectivity index (χ3v) is 7.07. The Kier molecular flexibility index (Phi) is 7.36. The lowest BCUT2D eigenvalue weighted by Gasteiger charge is -2.27. The van der Waals surface area contributed by atoms with E-state index in [1.54, 1.807) is 17.8 Å². The van der Waals surface area contributed by atoms with Crippen molar-refractivity contribution >= 4 is 17.5 Å². The molecule has 38 heavy (non-hydrogen) atoms. The number of rotatable bonds is 12. The zero-order valence-electron chi connectivity index (χ0n) is 21.4. The molecule has 2 fully saturated rings. The van der Waals surface area contributed by atoms with Gasteiger partial charge in [-0.05, 0) is 61.6 Å². The van der Waals surface area contributed by atoms with Gasteiger partial charge in [0.15, 0.2) is 5.69 Å². The number of hydrogen-bond donors (Lipinski definition) is 2. The van der Waals surface area contributed by atoms with Crippen molar-refractivity contribution in [2.45, 2.75) is 44.7 Å². The first-order valence-corrected chi connectivity index (χ1v) is 12.5. The molecule has 3 aromatic heterocycles. The maximum Gasteiger partial charge on any atom is 0.276 e. The summed E-state index contributed by atoms with van der Waals surface area (Å²) in [5.74, 6) is -0.330. The highest BCUT2D eigenvalue weighted by Gasteiger charge is 2.48. The fraction of sp³-hybridized carbons (Fsp3) is 0.520. The van der Waals surface area contributed by atoms with Crippen molar-refractivity contribution in [1.29, 1.82) is 0 Å². The molecule has 0 bridgehead atoms. The molecule has 2 aliphatic rings. The lowest BCUT2D eigenvalue weighted by Crippen LogP contribution is -2.50. The van der Waals surface area contributed by atoms with E-state index in [9.17, 15) is 14.0 Å². The van der Waals surface area contributed by atoms with E-state index in [0.29, 0.717) is 28.8 Å². The number of amides is 2. The van der Waals surface area contributed by atoms with Crippen LogP contribution in [-0.2, 0) is 9.53 Å². The van der Waals surface area contributed by atoms with Gasteiger partial charge in [-0.25, -0.2) is 14.0 Å². The molecule has 12 nitrogen and oxygen atoms in total. The number of nitrogens with one attached hydrogen (secondary N) is 2. The van der Waals surface area contributed by atoms with Crippen molar-refractivity contribution < 1.29 is 28.1 Å². The Hall–Kier alpha value is -3.87. The van der Waals surface area contributed by atoms with Gasteiger partial charge < -0.3 is 20.1 Å². The molecule has 3 aromatic rings. The molecule has 202 valence electrons. The van der Waals surface area contributed by atoms with Gasteiger partial charge in [0, 0.05) is 18.9 Å². The van der Waals surface area contributed by atoms with Gasteiger partial charge in [-0.3, -0.25) is 14.3 Å². The quantitative estimate of drug-likeness (QED) is 0.363. The molecule has 0 saturated heterocycles. The summed E-state index contributed by atoms with van der Waals surface area (Å²) in [6, 6.07) is -0.00526. The number of aromatic nitrogens is 5. The number of halogens is 1. The topological polar surface area (TPSA) is 146 Å². The van der Waals surface area contributed by atoms with Gasteiger partial charge in [0.2, 0.25) is 11.8 Å². The van der Waals surface area contributed by atoms with Gasteiger partial charge in [0.05, 0.1) is 31.8 Å². The summed E-state index contributed by atoms with van der Waals surface area (Å²) in [5.41, 5.74) is 1.27. The standard InChI is InChI=1S/C25H30FN7O5/c1-13-21(32-38-31-13)23(34)30-22(20(14-4-5-14)15-6-7-15)24(35)29-17-10-28-33(11-17)19(12-36-2)18-8-16(26)9-27-25(18)37-3/h8-11,14-15,19-20,22H,4-7,12H2,1-3H3,(H,29,35)(H,30,34)/t19?,22-/m0/s1. The van der Waals surface area contributed by atoms with Crippen LogP contribution in [0.2, 0.25) is 0 Å². The largest absolute Gasteiger partial charge is 0.481 e. The van der Waals surface area contributed by atoms with Crippen molar-refractivity contribution in [3.8, 4) is 5.88 Å².